The molecule has 0 spiro atoms. The summed E-state index contributed by atoms with van der Waals surface area (Å²) in [5.74, 6) is -0.280. The van der Waals surface area contributed by atoms with Crippen molar-refractivity contribution in [3.05, 3.63) is 29.6 Å². The molecular formula is C12H18N4O2. The summed E-state index contributed by atoms with van der Waals surface area (Å²) in [6.45, 7) is 3.80. The fraction of sp³-hybridized carbons (Fsp3) is 0.417. The highest BCUT2D eigenvalue weighted by atomic mass is 16.4. The number of nitrogens with one attached hydrogen (secondary N) is 1. The van der Waals surface area contributed by atoms with Crippen LogP contribution in [0.15, 0.2) is 23.5 Å². The third-order valence-corrected chi connectivity index (χ3v) is 2.53. The first-order chi connectivity index (χ1) is 8.58. The van der Waals surface area contributed by atoms with Gasteiger partial charge in [0.2, 0.25) is 0 Å². The van der Waals surface area contributed by atoms with Gasteiger partial charge in [-0.1, -0.05) is 18.5 Å². The average molecular weight is 250 g/mol. The first kappa shape index (κ1) is 14.0. The number of pyridine rings is 1. The van der Waals surface area contributed by atoms with Gasteiger partial charge in [-0.25, -0.2) is 0 Å². The molecule has 1 aromatic rings. The monoisotopic (exact) mass is 250 g/mol. The van der Waals surface area contributed by atoms with Crippen LogP contribution >= 0.6 is 0 Å². The van der Waals surface area contributed by atoms with E-state index in [0.29, 0.717) is 12.0 Å². The smallest absolute Gasteiger partial charge is 0.253 e. The highest BCUT2D eigenvalue weighted by Gasteiger charge is 2.17. The van der Waals surface area contributed by atoms with E-state index in [2.05, 4.69) is 15.5 Å². The number of aromatic nitrogens is 1. The Bertz CT molecular complexity index is 428. The van der Waals surface area contributed by atoms with Crippen molar-refractivity contribution in [2.75, 3.05) is 0 Å². The first-order valence-corrected chi connectivity index (χ1v) is 5.79. The largest absolute Gasteiger partial charge is 0.409 e. The summed E-state index contributed by atoms with van der Waals surface area (Å²) in [5, 5.41) is 14.3. The maximum absolute atomic E-state index is 11.9. The summed E-state index contributed by atoms with van der Waals surface area (Å²) in [5.41, 5.74) is 6.82. The molecular weight excluding hydrogens is 232 g/mol. The van der Waals surface area contributed by atoms with E-state index in [0.717, 1.165) is 12.1 Å². The molecule has 0 aliphatic carbocycles. The molecule has 0 bridgehead atoms. The van der Waals surface area contributed by atoms with Crippen LogP contribution in [0.1, 0.15) is 35.8 Å². The first-order valence-electron chi connectivity index (χ1n) is 5.79. The number of carbonyl (C=O) groups is 1. The van der Waals surface area contributed by atoms with Gasteiger partial charge in [-0.2, -0.15) is 0 Å². The van der Waals surface area contributed by atoms with Gasteiger partial charge in [0.05, 0.1) is 11.6 Å². The zero-order valence-corrected chi connectivity index (χ0v) is 10.6. The van der Waals surface area contributed by atoms with Crippen LogP contribution < -0.4 is 11.1 Å². The van der Waals surface area contributed by atoms with E-state index in [1.807, 2.05) is 13.8 Å². The van der Waals surface area contributed by atoms with Gasteiger partial charge in [0.25, 0.3) is 5.91 Å². The number of amidine groups is 1. The van der Waals surface area contributed by atoms with E-state index in [1.54, 1.807) is 12.1 Å². The van der Waals surface area contributed by atoms with Crippen LogP contribution in [0.3, 0.4) is 0 Å². The Labute approximate surface area is 106 Å². The minimum absolute atomic E-state index is 0.00488. The summed E-state index contributed by atoms with van der Waals surface area (Å²) in [6, 6.07) is 2.98. The quantitative estimate of drug-likeness (QED) is 0.314. The molecule has 0 fully saturated rings. The van der Waals surface area contributed by atoms with Crippen LogP contribution in [0.25, 0.3) is 0 Å². The molecule has 6 heteroatoms. The molecule has 1 amide bonds. The molecule has 1 rings (SSSR count). The van der Waals surface area contributed by atoms with Crippen molar-refractivity contribution in [2.45, 2.75) is 32.7 Å². The summed E-state index contributed by atoms with van der Waals surface area (Å²) < 4.78 is 0. The minimum atomic E-state index is -0.464. The number of amides is 1. The van der Waals surface area contributed by atoms with E-state index in [4.69, 9.17) is 10.9 Å². The van der Waals surface area contributed by atoms with Crippen molar-refractivity contribution in [3.63, 3.8) is 0 Å². The Morgan fingerprint density at radius 2 is 2.33 bits per heavy atom. The van der Waals surface area contributed by atoms with Crippen molar-refractivity contribution in [3.8, 4) is 0 Å². The highest BCUT2D eigenvalue weighted by Crippen LogP contribution is 2.02. The maximum Gasteiger partial charge on any atom is 0.253 e. The fourth-order valence-corrected chi connectivity index (χ4v) is 1.50. The molecule has 1 aromatic heterocycles. The normalized spacial score (nSPS) is 13.1. The van der Waals surface area contributed by atoms with E-state index in [1.165, 1.54) is 6.20 Å². The Balaban J connectivity index is 2.75. The molecule has 4 N–H and O–H groups in total. The molecule has 0 saturated heterocycles. The van der Waals surface area contributed by atoms with Crippen molar-refractivity contribution >= 4 is 11.7 Å². The van der Waals surface area contributed by atoms with E-state index in [9.17, 15) is 4.79 Å². The molecule has 1 atom stereocenters. The average Bonchev–Trinajstić information content (AvgIpc) is 2.38. The van der Waals surface area contributed by atoms with Crippen LogP contribution in [0, 0.1) is 6.92 Å². The molecule has 18 heavy (non-hydrogen) atoms. The van der Waals surface area contributed by atoms with Crippen molar-refractivity contribution < 1.29 is 10.0 Å². The lowest BCUT2D eigenvalue weighted by atomic mass is 10.1. The second-order valence-corrected chi connectivity index (χ2v) is 4.03. The van der Waals surface area contributed by atoms with Crippen LogP contribution in [0.2, 0.25) is 0 Å². The van der Waals surface area contributed by atoms with Gasteiger partial charge >= 0.3 is 0 Å². The second-order valence-electron chi connectivity index (χ2n) is 4.03. The Morgan fingerprint density at radius 3 is 2.83 bits per heavy atom. The lowest BCUT2D eigenvalue weighted by Crippen LogP contribution is -2.44. The number of rotatable bonds is 5. The molecule has 6 nitrogen and oxygen atoms in total. The van der Waals surface area contributed by atoms with Crippen molar-refractivity contribution in [1.82, 2.24) is 10.3 Å². The third-order valence-electron chi connectivity index (χ3n) is 2.53. The maximum atomic E-state index is 11.9. The molecule has 1 unspecified atom stereocenters. The van der Waals surface area contributed by atoms with Crippen LogP contribution in [0.4, 0.5) is 0 Å². The molecule has 0 radical (unpaired) electrons. The molecule has 0 aliphatic heterocycles. The van der Waals surface area contributed by atoms with Gasteiger partial charge in [0, 0.05) is 11.9 Å². The standard InChI is InChI=1S/C12H18N4O2/c1-3-4-10(11(13)16-18)15-12(17)9-6-5-8(2)14-7-9/h5-7,10,18H,3-4H2,1-2H3,(H2,13,16)(H,15,17). The van der Waals surface area contributed by atoms with E-state index < -0.39 is 6.04 Å². The molecule has 98 valence electrons. The molecule has 0 aliphatic rings. The lowest BCUT2D eigenvalue weighted by molar-refractivity contribution is 0.0944. The van der Waals surface area contributed by atoms with Gasteiger partial charge in [-0.05, 0) is 25.5 Å². The van der Waals surface area contributed by atoms with E-state index in [-0.39, 0.29) is 11.7 Å². The van der Waals surface area contributed by atoms with Crippen LogP contribution in [-0.4, -0.2) is 28.0 Å². The second kappa shape index (κ2) is 6.58. The number of hydrogen-bond acceptors (Lipinski definition) is 4. The van der Waals surface area contributed by atoms with Gasteiger partial charge < -0.3 is 16.3 Å². The molecule has 0 aromatic carbocycles. The summed E-state index contributed by atoms with van der Waals surface area (Å²) in [7, 11) is 0. The molecule has 0 saturated carbocycles. The lowest BCUT2D eigenvalue weighted by Gasteiger charge is -2.16. The number of nitrogens with two attached hydrogens (primary N) is 1. The highest BCUT2D eigenvalue weighted by molar-refractivity contribution is 5.97. The summed E-state index contributed by atoms with van der Waals surface area (Å²) in [6.07, 6.45) is 2.92. The number of nitrogens with zero attached hydrogens (tertiary/aromatic N) is 2. The van der Waals surface area contributed by atoms with Crippen LogP contribution in [-0.2, 0) is 0 Å². The topological polar surface area (TPSA) is 101 Å². The minimum Gasteiger partial charge on any atom is -0.409 e. The third kappa shape index (κ3) is 3.73. The predicted molar refractivity (Wildman–Crippen MR) is 68.5 cm³/mol. The number of oxime groups is 1. The van der Waals surface area contributed by atoms with Crippen LogP contribution in [0.5, 0.6) is 0 Å². The number of hydrogen-bond donors (Lipinski definition) is 3. The fourth-order valence-electron chi connectivity index (χ4n) is 1.50. The number of carbonyl (C=O) groups excluding carboxylic acids is 1. The van der Waals surface area contributed by atoms with Gasteiger partial charge in [-0.3, -0.25) is 9.78 Å². The zero-order chi connectivity index (χ0) is 13.5. The van der Waals surface area contributed by atoms with Gasteiger partial charge in [0.15, 0.2) is 5.84 Å². The Kier molecular flexibility index (Phi) is 5.10. The Morgan fingerprint density at radius 1 is 1.61 bits per heavy atom. The van der Waals surface area contributed by atoms with Gasteiger partial charge in [0.1, 0.15) is 0 Å². The van der Waals surface area contributed by atoms with E-state index >= 15 is 0 Å². The Hall–Kier alpha value is -2.11. The molecule has 1 heterocycles. The van der Waals surface area contributed by atoms with Crippen molar-refractivity contribution in [1.29, 1.82) is 0 Å². The SMILES string of the molecule is CCCC(NC(=O)c1ccc(C)nc1)/C(N)=N/O. The van der Waals surface area contributed by atoms with Gasteiger partial charge in [-0.15, -0.1) is 0 Å². The van der Waals surface area contributed by atoms with Crippen molar-refractivity contribution in [2.24, 2.45) is 10.9 Å². The zero-order valence-electron chi connectivity index (χ0n) is 10.6. The summed E-state index contributed by atoms with van der Waals surface area (Å²) >= 11 is 0. The predicted octanol–water partition coefficient (Wildman–Crippen LogP) is 1.03. The number of aryl methyl sites for hydroxylation is 1. The summed E-state index contributed by atoms with van der Waals surface area (Å²) in [4.78, 5) is 16.0.